The number of hydrogen-bond acceptors (Lipinski definition) is 2. The average molecular weight is 373 g/mol. The maximum atomic E-state index is 14.3. The van der Waals surface area contributed by atoms with Crippen LogP contribution in [0.4, 0.5) is 8.78 Å². The summed E-state index contributed by atoms with van der Waals surface area (Å²) in [6, 6.07) is 11.3. The Hall–Kier alpha value is -2.43. The molecule has 1 fully saturated rings. The first-order chi connectivity index (χ1) is 12.8. The number of halogens is 2. The van der Waals surface area contributed by atoms with Crippen molar-refractivity contribution >= 4 is 5.91 Å². The van der Waals surface area contributed by atoms with Crippen molar-refractivity contribution in [2.45, 2.75) is 38.5 Å². The van der Waals surface area contributed by atoms with Crippen molar-refractivity contribution in [2.24, 2.45) is 5.41 Å². The lowest BCUT2D eigenvalue weighted by atomic mass is 9.87. The van der Waals surface area contributed by atoms with Gasteiger partial charge in [0, 0.05) is 24.4 Å². The highest BCUT2D eigenvalue weighted by Crippen LogP contribution is 2.64. The normalized spacial score (nSPS) is 20.2. The van der Waals surface area contributed by atoms with Gasteiger partial charge in [-0.1, -0.05) is 38.1 Å². The Bertz CT molecular complexity index is 850. The quantitative estimate of drug-likeness (QED) is 0.782. The van der Waals surface area contributed by atoms with Crippen LogP contribution in [0, 0.1) is 17.0 Å². The van der Waals surface area contributed by atoms with Gasteiger partial charge in [-0.05, 0) is 41.5 Å². The smallest absolute Gasteiger partial charge is 0.220 e. The molecule has 1 N–H and O–H groups in total. The standard InChI is InChI=1S/C22H25F2NO2/c1-21(2)13-22(21,17-10-9-16(23)12-18(17)24)14-25-20(26)11-8-15-6-4-5-7-19(15)27-3/h4-7,9-10,12H,8,11,13-14H2,1-3H3,(H,25,26). The number of ether oxygens (including phenoxy) is 1. The van der Waals surface area contributed by atoms with Crippen molar-refractivity contribution in [3.8, 4) is 5.75 Å². The maximum absolute atomic E-state index is 14.3. The molecule has 3 nitrogen and oxygen atoms in total. The van der Waals surface area contributed by atoms with Gasteiger partial charge < -0.3 is 10.1 Å². The Morgan fingerprint density at radius 1 is 1.19 bits per heavy atom. The highest BCUT2D eigenvalue weighted by atomic mass is 19.1. The van der Waals surface area contributed by atoms with E-state index < -0.39 is 17.0 Å². The third-order valence-corrected chi connectivity index (χ3v) is 5.76. The molecule has 0 radical (unpaired) electrons. The Kier molecular flexibility index (Phi) is 5.22. The topological polar surface area (TPSA) is 38.3 Å². The summed E-state index contributed by atoms with van der Waals surface area (Å²) in [7, 11) is 1.61. The van der Waals surface area contributed by atoms with Crippen LogP contribution in [0.1, 0.15) is 37.8 Å². The number of hydrogen-bond donors (Lipinski definition) is 1. The maximum Gasteiger partial charge on any atom is 0.220 e. The highest BCUT2D eigenvalue weighted by molar-refractivity contribution is 5.76. The summed E-state index contributed by atoms with van der Waals surface area (Å²) >= 11 is 0. The van der Waals surface area contributed by atoms with Crippen LogP contribution in [-0.4, -0.2) is 19.6 Å². The number of methoxy groups -OCH3 is 1. The fraction of sp³-hybridized carbons (Fsp3) is 0.409. The molecule has 1 atom stereocenters. The van der Waals surface area contributed by atoms with Gasteiger partial charge in [-0.25, -0.2) is 8.78 Å². The number of aryl methyl sites for hydroxylation is 1. The van der Waals surface area contributed by atoms with E-state index in [9.17, 15) is 13.6 Å². The summed E-state index contributed by atoms with van der Waals surface area (Å²) in [5, 5.41) is 2.95. The lowest BCUT2D eigenvalue weighted by Crippen LogP contribution is -2.35. The molecule has 1 unspecified atom stereocenters. The third-order valence-electron chi connectivity index (χ3n) is 5.76. The summed E-state index contributed by atoms with van der Waals surface area (Å²) in [4.78, 5) is 12.4. The van der Waals surface area contributed by atoms with E-state index in [0.717, 1.165) is 23.8 Å². The first kappa shape index (κ1) is 19.3. The number of rotatable bonds is 7. The molecule has 0 saturated heterocycles. The Balaban J connectivity index is 1.64. The van der Waals surface area contributed by atoms with Gasteiger partial charge in [-0.3, -0.25) is 4.79 Å². The second kappa shape index (κ2) is 7.29. The fourth-order valence-corrected chi connectivity index (χ4v) is 3.94. The average Bonchev–Trinajstić information content (AvgIpc) is 3.20. The van der Waals surface area contributed by atoms with Crippen LogP contribution >= 0.6 is 0 Å². The van der Waals surface area contributed by atoms with Gasteiger partial charge >= 0.3 is 0 Å². The summed E-state index contributed by atoms with van der Waals surface area (Å²) < 4.78 is 32.9. The van der Waals surface area contributed by atoms with Crippen molar-refractivity contribution < 1.29 is 18.3 Å². The Labute approximate surface area is 158 Å². The Morgan fingerprint density at radius 3 is 2.52 bits per heavy atom. The number of para-hydroxylation sites is 1. The first-order valence-corrected chi connectivity index (χ1v) is 9.13. The molecule has 0 aromatic heterocycles. The molecule has 0 heterocycles. The molecule has 1 aliphatic carbocycles. The zero-order valence-electron chi connectivity index (χ0n) is 15.9. The van der Waals surface area contributed by atoms with E-state index in [1.807, 2.05) is 38.1 Å². The lowest BCUT2D eigenvalue weighted by Gasteiger charge is -2.22. The van der Waals surface area contributed by atoms with Crippen LogP contribution in [0.5, 0.6) is 5.75 Å². The van der Waals surface area contributed by atoms with Crippen LogP contribution < -0.4 is 10.1 Å². The summed E-state index contributed by atoms with van der Waals surface area (Å²) in [5.74, 6) is -0.474. The predicted octanol–water partition coefficient (Wildman–Crippen LogP) is 4.39. The summed E-state index contributed by atoms with van der Waals surface area (Å²) in [6.07, 6.45) is 1.63. The van der Waals surface area contributed by atoms with Crippen molar-refractivity contribution in [1.82, 2.24) is 5.32 Å². The van der Waals surface area contributed by atoms with Crippen molar-refractivity contribution in [2.75, 3.05) is 13.7 Å². The molecule has 0 bridgehead atoms. The van der Waals surface area contributed by atoms with Gasteiger partial charge in [-0.15, -0.1) is 0 Å². The largest absolute Gasteiger partial charge is 0.496 e. The second-order valence-electron chi connectivity index (χ2n) is 7.86. The van der Waals surface area contributed by atoms with Crippen LogP contribution in [-0.2, 0) is 16.6 Å². The predicted molar refractivity (Wildman–Crippen MR) is 101 cm³/mol. The summed E-state index contributed by atoms with van der Waals surface area (Å²) in [6.45, 7) is 4.42. The zero-order chi connectivity index (χ0) is 19.7. The molecule has 3 rings (SSSR count). The van der Waals surface area contributed by atoms with E-state index >= 15 is 0 Å². The van der Waals surface area contributed by atoms with Gasteiger partial charge in [0.2, 0.25) is 5.91 Å². The number of carbonyl (C=O) groups is 1. The number of nitrogens with one attached hydrogen (secondary N) is 1. The SMILES string of the molecule is COc1ccccc1CCC(=O)NCC1(c2ccc(F)cc2F)CC1(C)C. The van der Waals surface area contributed by atoms with Crippen molar-refractivity contribution in [3.63, 3.8) is 0 Å². The van der Waals surface area contributed by atoms with Gasteiger partial charge in [0.15, 0.2) is 0 Å². The molecule has 0 spiro atoms. The molecule has 0 aliphatic heterocycles. The zero-order valence-corrected chi connectivity index (χ0v) is 15.9. The van der Waals surface area contributed by atoms with Crippen LogP contribution in [0.3, 0.4) is 0 Å². The molecule has 2 aromatic rings. The second-order valence-corrected chi connectivity index (χ2v) is 7.86. The minimum Gasteiger partial charge on any atom is -0.496 e. The minimum atomic E-state index is -0.592. The van der Waals surface area contributed by atoms with E-state index in [1.165, 1.54) is 12.1 Å². The van der Waals surface area contributed by atoms with E-state index in [-0.39, 0.29) is 11.3 Å². The van der Waals surface area contributed by atoms with E-state index in [1.54, 1.807) is 7.11 Å². The number of benzene rings is 2. The molecular weight excluding hydrogens is 348 g/mol. The summed E-state index contributed by atoms with van der Waals surface area (Å²) in [5.41, 5.74) is 0.798. The Morgan fingerprint density at radius 2 is 1.89 bits per heavy atom. The van der Waals surface area contributed by atoms with Crippen LogP contribution in [0.15, 0.2) is 42.5 Å². The van der Waals surface area contributed by atoms with Gasteiger partial charge in [0.05, 0.1) is 7.11 Å². The monoisotopic (exact) mass is 373 g/mol. The van der Waals surface area contributed by atoms with Gasteiger partial charge in [-0.2, -0.15) is 0 Å². The fourth-order valence-electron chi connectivity index (χ4n) is 3.94. The molecule has 1 amide bonds. The van der Waals surface area contributed by atoms with Gasteiger partial charge in [0.25, 0.3) is 0 Å². The molecule has 2 aromatic carbocycles. The molecule has 1 aliphatic rings. The van der Waals surface area contributed by atoms with Crippen molar-refractivity contribution in [3.05, 3.63) is 65.2 Å². The van der Waals surface area contributed by atoms with Crippen molar-refractivity contribution in [1.29, 1.82) is 0 Å². The lowest BCUT2D eigenvalue weighted by molar-refractivity contribution is -0.121. The molecule has 144 valence electrons. The van der Waals surface area contributed by atoms with Crippen LogP contribution in [0.2, 0.25) is 0 Å². The van der Waals surface area contributed by atoms with Gasteiger partial charge in [0.1, 0.15) is 17.4 Å². The molecule has 27 heavy (non-hydrogen) atoms. The number of amides is 1. The van der Waals surface area contributed by atoms with E-state index in [0.29, 0.717) is 24.9 Å². The first-order valence-electron chi connectivity index (χ1n) is 9.13. The van der Waals surface area contributed by atoms with E-state index in [4.69, 9.17) is 4.74 Å². The molecule has 5 heteroatoms. The number of carbonyl (C=O) groups excluding carboxylic acids is 1. The third kappa shape index (κ3) is 3.82. The van der Waals surface area contributed by atoms with E-state index in [2.05, 4.69) is 5.32 Å². The highest BCUT2D eigenvalue weighted by Gasteiger charge is 2.62. The van der Waals surface area contributed by atoms with Crippen LogP contribution in [0.25, 0.3) is 0 Å². The molecule has 1 saturated carbocycles. The molecular formula is C22H25F2NO2. The minimum absolute atomic E-state index is 0.0921.